The Morgan fingerprint density at radius 3 is 2.42 bits per heavy atom. The molecule has 1 aromatic heterocycles. The quantitative estimate of drug-likeness (QED) is 0.928. The van der Waals surface area contributed by atoms with Gasteiger partial charge in [-0.3, -0.25) is 0 Å². The zero-order chi connectivity index (χ0) is 17.2. The normalized spacial score (nSPS) is 19.2. The Morgan fingerprint density at radius 1 is 1.08 bits per heavy atom. The van der Waals surface area contributed by atoms with Gasteiger partial charge in [-0.2, -0.15) is 13.2 Å². The summed E-state index contributed by atoms with van der Waals surface area (Å²) in [4.78, 5) is 2.27. The summed E-state index contributed by atoms with van der Waals surface area (Å²) in [6.07, 6.45) is -2.09. The molecule has 1 aromatic carbocycles. The summed E-state index contributed by atoms with van der Waals surface area (Å²) in [6.45, 7) is 2.07. The number of aromatic nitrogens is 2. The lowest BCUT2D eigenvalue weighted by atomic mass is 10.1. The molecule has 24 heavy (non-hydrogen) atoms. The molecule has 0 spiro atoms. The SMILES string of the molecule is CN1CCC[C@@H](Nc2ccc(-c3ccc(C(F)(F)F)cc3)nn2)C1. The highest BCUT2D eigenvalue weighted by molar-refractivity contribution is 5.60. The van der Waals surface area contributed by atoms with Gasteiger partial charge in [0.05, 0.1) is 11.3 Å². The topological polar surface area (TPSA) is 41.0 Å². The van der Waals surface area contributed by atoms with E-state index in [2.05, 4.69) is 27.5 Å². The molecule has 2 aromatic rings. The van der Waals surface area contributed by atoms with E-state index in [1.807, 2.05) is 6.07 Å². The van der Waals surface area contributed by atoms with Crippen LogP contribution in [0.1, 0.15) is 18.4 Å². The molecule has 3 rings (SSSR count). The minimum atomic E-state index is -4.33. The largest absolute Gasteiger partial charge is 0.416 e. The van der Waals surface area contributed by atoms with E-state index in [9.17, 15) is 13.2 Å². The molecular formula is C17H19F3N4. The number of benzene rings is 1. The monoisotopic (exact) mass is 336 g/mol. The van der Waals surface area contributed by atoms with Crippen molar-refractivity contribution in [2.75, 3.05) is 25.5 Å². The maximum absolute atomic E-state index is 12.6. The smallest absolute Gasteiger partial charge is 0.365 e. The van der Waals surface area contributed by atoms with E-state index in [1.54, 1.807) is 6.07 Å². The first-order valence-corrected chi connectivity index (χ1v) is 7.88. The molecule has 0 bridgehead atoms. The third-order valence-corrected chi connectivity index (χ3v) is 4.15. The number of likely N-dealkylation sites (N-methyl/N-ethyl adjacent to an activating group) is 1. The average Bonchev–Trinajstić information content (AvgIpc) is 2.55. The zero-order valence-electron chi connectivity index (χ0n) is 13.3. The standard InChI is InChI=1S/C17H19F3N4/c1-24-10-2-3-14(11-24)21-16-9-8-15(22-23-16)12-4-6-13(7-5-12)17(18,19)20/h4-9,14H,2-3,10-11H2,1H3,(H,21,23)/t14-/m1/s1. The van der Waals surface area contributed by atoms with Crippen molar-refractivity contribution < 1.29 is 13.2 Å². The van der Waals surface area contributed by atoms with Crippen molar-refractivity contribution >= 4 is 5.82 Å². The molecule has 2 heterocycles. The van der Waals surface area contributed by atoms with Gasteiger partial charge in [0.2, 0.25) is 0 Å². The molecule has 1 fully saturated rings. The molecule has 0 radical (unpaired) electrons. The Labute approximate surface area is 138 Å². The van der Waals surface area contributed by atoms with Gasteiger partial charge in [-0.15, -0.1) is 10.2 Å². The van der Waals surface area contributed by atoms with Crippen LogP contribution in [-0.2, 0) is 6.18 Å². The van der Waals surface area contributed by atoms with Gasteiger partial charge in [-0.1, -0.05) is 12.1 Å². The fourth-order valence-electron chi connectivity index (χ4n) is 2.89. The molecule has 0 saturated carbocycles. The van der Waals surface area contributed by atoms with E-state index in [0.717, 1.165) is 38.1 Å². The molecule has 4 nitrogen and oxygen atoms in total. The van der Waals surface area contributed by atoms with Crippen LogP contribution < -0.4 is 5.32 Å². The molecule has 0 aliphatic carbocycles. The maximum Gasteiger partial charge on any atom is 0.416 e. The summed E-state index contributed by atoms with van der Waals surface area (Å²) < 4.78 is 37.8. The molecule has 1 aliphatic rings. The zero-order valence-corrected chi connectivity index (χ0v) is 13.3. The van der Waals surface area contributed by atoms with Gasteiger partial charge in [-0.25, -0.2) is 0 Å². The second-order valence-electron chi connectivity index (χ2n) is 6.12. The summed E-state index contributed by atoms with van der Waals surface area (Å²) in [5.74, 6) is 0.686. The molecule has 0 amide bonds. The van der Waals surface area contributed by atoms with Crippen LogP contribution in [0.4, 0.5) is 19.0 Å². The second-order valence-corrected chi connectivity index (χ2v) is 6.12. The average molecular weight is 336 g/mol. The molecule has 0 unspecified atom stereocenters. The summed E-state index contributed by atoms with van der Waals surface area (Å²) >= 11 is 0. The van der Waals surface area contributed by atoms with E-state index in [0.29, 0.717) is 23.1 Å². The second kappa shape index (κ2) is 6.76. The lowest BCUT2D eigenvalue weighted by Crippen LogP contribution is -2.39. The fraction of sp³-hybridized carbons (Fsp3) is 0.412. The van der Waals surface area contributed by atoms with Gasteiger partial charge in [0.15, 0.2) is 0 Å². The van der Waals surface area contributed by atoms with Crippen LogP contribution in [-0.4, -0.2) is 41.3 Å². The number of nitrogens with one attached hydrogen (secondary N) is 1. The Kier molecular flexibility index (Phi) is 4.71. The van der Waals surface area contributed by atoms with Crippen molar-refractivity contribution in [3.63, 3.8) is 0 Å². The third-order valence-electron chi connectivity index (χ3n) is 4.15. The molecule has 1 atom stereocenters. The number of nitrogens with zero attached hydrogens (tertiary/aromatic N) is 3. The molecular weight excluding hydrogens is 317 g/mol. The number of likely N-dealkylation sites (tertiary alicyclic amines) is 1. The van der Waals surface area contributed by atoms with Crippen molar-refractivity contribution in [2.45, 2.75) is 25.1 Å². The minimum Gasteiger partial charge on any atom is -0.365 e. The van der Waals surface area contributed by atoms with Crippen LogP contribution in [0.15, 0.2) is 36.4 Å². The highest BCUT2D eigenvalue weighted by Crippen LogP contribution is 2.30. The summed E-state index contributed by atoms with van der Waals surface area (Å²) in [5.41, 5.74) is 0.494. The Balaban J connectivity index is 1.68. The number of anilines is 1. The van der Waals surface area contributed by atoms with Gasteiger partial charge in [0, 0.05) is 18.2 Å². The number of alkyl halides is 3. The number of hydrogen-bond donors (Lipinski definition) is 1. The molecule has 7 heteroatoms. The predicted octanol–water partition coefficient (Wildman–Crippen LogP) is 3.67. The van der Waals surface area contributed by atoms with Gasteiger partial charge in [0.1, 0.15) is 5.82 Å². The first-order valence-electron chi connectivity index (χ1n) is 7.88. The third kappa shape index (κ3) is 4.03. The van der Waals surface area contributed by atoms with E-state index in [4.69, 9.17) is 0 Å². The van der Waals surface area contributed by atoms with Crippen molar-refractivity contribution in [3.8, 4) is 11.3 Å². The van der Waals surface area contributed by atoms with Gasteiger partial charge in [-0.05, 0) is 50.7 Å². The minimum absolute atomic E-state index is 0.343. The predicted molar refractivity (Wildman–Crippen MR) is 86.6 cm³/mol. The van der Waals surface area contributed by atoms with E-state index < -0.39 is 11.7 Å². The number of halogens is 3. The molecule has 1 saturated heterocycles. The number of piperidine rings is 1. The van der Waals surface area contributed by atoms with E-state index in [-0.39, 0.29) is 0 Å². The Bertz CT molecular complexity index is 668. The fourth-order valence-corrected chi connectivity index (χ4v) is 2.89. The van der Waals surface area contributed by atoms with Crippen LogP contribution in [0.2, 0.25) is 0 Å². The summed E-state index contributed by atoms with van der Waals surface area (Å²) in [6, 6.07) is 8.86. The maximum atomic E-state index is 12.6. The van der Waals surface area contributed by atoms with Gasteiger partial charge in [0.25, 0.3) is 0 Å². The van der Waals surface area contributed by atoms with Crippen LogP contribution >= 0.6 is 0 Å². The van der Waals surface area contributed by atoms with Crippen molar-refractivity contribution in [1.29, 1.82) is 0 Å². The first-order chi connectivity index (χ1) is 11.4. The first kappa shape index (κ1) is 16.7. The Morgan fingerprint density at radius 2 is 1.83 bits per heavy atom. The van der Waals surface area contributed by atoms with Gasteiger partial charge >= 0.3 is 6.18 Å². The van der Waals surface area contributed by atoms with Crippen molar-refractivity contribution in [2.24, 2.45) is 0 Å². The van der Waals surface area contributed by atoms with E-state index >= 15 is 0 Å². The molecule has 1 N–H and O–H groups in total. The van der Waals surface area contributed by atoms with E-state index in [1.165, 1.54) is 12.1 Å². The highest BCUT2D eigenvalue weighted by Gasteiger charge is 2.30. The van der Waals surface area contributed by atoms with Crippen LogP contribution in [0, 0.1) is 0 Å². The van der Waals surface area contributed by atoms with Crippen molar-refractivity contribution in [1.82, 2.24) is 15.1 Å². The van der Waals surface area contributed by atoms with Crippen molar-refractivity contribution in [3.05, 3.63) is 42.0 Å². The summed E-state index contributed by atoms with van der Waals surface area (Å²) in [7, 11) is 2.09. The number of hydrogen-bond acceptors (Lipinski definition) is 4. The van der Waals surface area contributed by atoms with Gasteiger partial charge < -0.3 is 10.2 Å². The lowest BCUT2D eigenvalue weighted by Gasteiger charge is -2.30. The highest BCUT2D eigenvalue weighted by atomic mass is 19.4. The lowest BCUT2D eigenvalue weighted by molar-refractivity contribution is -0.137. The molecule has 1 aliphatic heterocycles. The van der Waals surface area contributed by atoms with Crippen LogP contribution in [0.5, 0.6) is 0 Å². The molecule has 128 valence electrons. The number of rotatable bonds is 3. The Hall–Kier alpha value is -2.15. The summed E-state index contributed by atoms with van der Waals surface area (Å²) in [5, 5.41) is 11.6. The van der Waals surface area contributed by atoms with Crippen LogP contribution in [0.3, 0.4) is 0 Å². The van der Waals surface area contributed by atoms with Crippen LogP contribution in [0.25, 0.3) is 11.3 Å².